The summed E-state index contributed by atoms with van der Waals surface area (Å²) < 4.78 is 25.7. The van der Waals surface area contributed by atoms with Crippen LogP contribution in [0.15, 0.2) is 52.8 Å². The van der Waals surface area contributed by atoms with Gasteiger partial charge in [-0.05, 0) is 42.1 Å². The third-order valence-corrected chi connectivity index (χ3v) is 5.68. The van der Waals surface area contributed by atoms with Gasteiger partial charge >= 0.3 is 0 Å². The lowest BCUT2D eigenvalue weighted by Gasteiger charge is -2.13. The molecule has 10 heteroatoms. The molecule has 2 aromatic heterocycles. The Balaban J connectivity index is 1.81. The molecule has 0 radical (unpaired) electrons. The summed E-state index contributed by atoms with van der Waals surface area (Å²) in [5.41, 5.74) is -0.855. The molecule has 0 atom stereocenters. The van der Waals surface area contributed by atoms with Gasteiger partial charge in [-0.1, -0.05) is 6.07 Å². The van der Waals surface area contributed by atoms with E-state index in [1.807, 2.05) is 17.5 Å². The highest BCUT2D eigenvalue weighted by Crippen LogP contribution is 2.23. The van der Waals surface area contributed by atoms with Crippen LogP contribution >= 0.6 is 11.3 Å². The van der Waals surface area contributed by atoms with Gasteiger partial charge in [-0.2, -0.15) is 5.26 Å². The van der Waals surface area contributed by atoms with Gasteiger partial charge in [0.15, 0.2) is 12.4 Å². The summed E-state index contributed by atoms with van der Waals surface area (Å²) in [4.78, 5) is 38.7. The molecule has 1 amide bonds. The van der Waals surface area contributed by atoms with Crippen molar-refractivity contribution in [2.24, 2.45) is 0 Å². The van der Waals surface area contributed by atoms with Gasteiger partial charge in [0.25, 0.3) is 11.5 Å². The monoisotopic (exact) mass is 483 g/mol. The number of amides is 1. The molecule has 176 valence electrons. The molecule has 0 fully saturated rings. The Morgan fingerprint density at radius 3 is 2.79 bits per heavy atom. The molecule has 0 saturated carbocycles. The van der Waals surface area contributed by atoms with Crippen molar-refractivity contribution in [2.75, 3.05) is 20.3 Å². The van der Waals surface area contributed by atoms with Crippen molar-refractivity contribution in [1.29, 1.82) is 5.26 Å². The summed E-state index contributed by atoms with van der Waals surface area (Å²) in [6.45, 7) is 0.593. The molecular formula is C24H22FN3O5S. The summed E-state index contributed by atoms with van der Waals surface area (Å²) in [6.07, 6.45) is 1.82. The Kier molecular flexibility index (Phi) is 8.67. The molecule has 34 heavy (non-hydrogen) atoms. The van der Waals surface area contributed by atoms with Crippen molar-refractivity contribution >= 4 is 23.0 Å². The molecule has 8 nitrogen and oxygen atoms in total. The van der Waals surface area contributed by atoms with E-state index in [-0.39, 0.29) is 35.6 Å². The van der Waals surface area contributed by atoms with Crippen LogP contribution in [-0.2, 0) is 22.6 Å². The Bertz CT molecular complexity index is 1260. The van der Waals surface area contributed by atoms with Crippen molar-refractivity contribution in [1.82, 2.24) is 9.88 Å². The first-order valence-electron chi connectivity index (χ1n) is 10.3. The SMILES string of the molecule is COCCCn1cc(C(=O)c2cc(F)ccc2OCC(=O)NCc2cccs2)cc(C#N)c1=O. The lowest BCUT2D eigenvalue weighted by atomic mass is 10.0. The van der Waals surface area contributed by atoms with Crippen LogP contribution in [0.2, 0.25) is 0 Å². The van der Waals surface area contributed by atoms with Crippen LogP contribution in [0, 0.1) is 17.1 Å². The minimum Gasteiger partial charge on any atom is -0.483 e. The number of aromatic nitrogens is 1. The van der Waals surface area contributed by atoms with Crippen LogP contribution in [0.4, 0.5) is 4.39 Å². The van der Waals surface area contributed by atoms with Gasteiger partial charge in [-0.15, -0.1) is 11.3 Å². The van der Waals surface area contributed by atoms with E-state index >= 15 is 0 Å². The highest BCUT2D eigenvalue weighted by molar-refractivity contribution is 7.09. The number of benzene rings is 1. The quantitative estimate of drug-likeness (QED) is 0.332. The minimum atomic E-state index is -0.674. The number of hydrogen-bond donors (Lipinski definition) is 1. The van der Waals surface area contributed by atoms with Crippen LogP contribution in [0.3, 0.4) is 0 Å². The third kappa shape index (κ3) is 6.37. The Hall–Kier alpha value is -3.81. The number of halogens is 1. The van der Waals surface area contributed by atoms with Crippen molar-refractivity contribution in [3.8, 4) is 11.8 Å². The average molecular weight is 484 g/mol. The Morgan fingerprint density at radius 2 is 2.09 bits per heavy atom. The Labute approximate surface area is 199 Å². The predicted octanol–water partition coefficient (Wildman–Crippen LogP) is 2.88. The number of aryl methyl sites for hydroxylation is 1. The zero-order valence-corrected chi connectivity index (χ0v) is 19.2. The zero-order valence-electron chi connectivity index (χ0n) is 18.4. The third-order valence-electron chi connectivity index (χ3n) is 4.80. The van der Waals surface area contributed by atoms with E-state index < -0.39 is 23.1 Å². The molecule has 0 aliphatic rings. The van der Waals surface area contributed by atoms with Crippen LogP contribution in [0.25, 0.3) is 0 Å². The second-order valence-corrected chi connectivity index (χ2v) is 8.25. The fraction of sp³-hybridized carbons (Fsp3) is 0.250. The van der Waals surface area contributed by atoms with E-state index in [0.29, 0.717) is 19.6 Å². The first kappa shape index (κ1) is 24.8. The maximum absolute atomic E-state index is 14.0. The second-order valence-electron chi connectivity index (χ2n) is 7.21. The lowest BCUT2D eigenvalue weighted by molar-refractivity contribution is -0.123. The average Bonchev–Trinajstić information content (AvgIpc) is 3.36. The second kappa shape index (κ2) is 11.9. The van der Waals surface area contributed by atoms with E-state index in [9.17, 15) is 24.0 Å². The first-order chi connectivity index (χ1) is 16.4. The number of rotatable bonds is 11. The first-order valence-corrected chi connectivity index (χ1v) is 11.2. The fourth-order valence-electron chi connectivity index (χ4n) is 3.14. The molecule has 0 saturated heterocycles. The molecule has 0 bridgehead atoms. The number of ether oxygens (including phenoxy) is 2. The molecule has 3 rings (SSSR count). The van der Waals surface area contributed by atoms with Gasteiger partial charge in [0, 0.05) is 36.9 Å². The normalized spacial score (nSPS) is 10.5. The van der Waals surface area contributed by atoms with Gasteiger partial charge in [0.05, 0.1) is 12.1 Å². The topological polar surface area (TPSA) is 110 Å². The maximum atomic E-state index is 14.0. The summed E-state index contributed by atoms with van der Waals surface area (Å²) in [6, 6.07) is 10.1. The van der Waals surface area contributed by atoms with Crippen LogP contribution in [0.5, 0.6) is 5.75 Å². The molecule has 0 spiro atoms. The Morgan fingerprint density at radius 1 is 1.26 bits per heavy atom. The molecule has 0 unspecified atom stereocenters. The number of nitrogens with zero attached hydrogens (tertiary/aromatic N) is 2. The fourth-order valence-corrected chi connectivity index (χ4v) is 3.78. The number of pyridine rings is 1. The van der Waals surface area contributed by atoms with Gasteiger partial charge in [-0.3, -0.25) is 14.4 Å². The van der Waals surface area contributed by atoms with E-state index in [2.05, 4.69) is 5.32 Å². The van der Waals surface area contributed by atoms with Crippen LogP contribution in [0.1, 0.15) is 32.8 Å². The van der Waals surface area contributed by atoms with Crippen molar-refractivity contribution in [2.45, 2.75) is 19.5 Å². The van der Waals surface area contributed by atoms with Gasteiger partial charge < -0.3 is 19.4 Å². The highest BCUT2D eigenvalue weighted by atomic mass is 32.1. The molecule has 0 aliphatic carbocycles. The molecular weight excluding hydrogens is 461 g/mol. The number of methoxy groups -OCH3 is 1. The van der Waals surface area contributed by atoms with E-state index in [1.54, 1.807) is 6.07 Å². The summed E-state index contributed by atoms with van der Waals surface area (Å²) in [7, 11) is 1.53. The zero-order chi connectivity index (χ0) is 24.5. The summed E-state index contributed by atoms with van der Waals surface area (Å²) in [5.74, 6) is -1.72. The van der Waals surface area contributed by atoms with E-state index in [1.165, 1.54) is 41.3 Å². The summed E-state index contributed by atoms with van der Waals surface area (Å²) >= 11 is 1.50. The number of carbonyl (C=O) groups excluding carboxylic acids is 2. The van der Waals surface area contributed by atoms with E-state index in [4.69, 9.17) is 9.47 Å². The number of carbonyl (C=O) groups is 2. The number of thiophene rings is 1. The molecule has 0 aliphatic heterocycles. The van der Waals surface area contributed by atoms with Crippen LogP contribution in [-0.4, -0.2) is 36.6 Å². The van der Waals surface area contributed by atoms with Crippen molar-refractivity contribution < 1.29 is 23.5 Å². The standard InChI is InChI=1S/C24H22FN3O5S/c1-32-8-3-7-28-14-17(10-16(12-26)24(28)31)23(30)20-11-18(25)5-6-21(20)33-15-22(29)27-13-19-4-2-9-34-19/h2,4-6,9-11,14H,3,7-8,13,15H2,1H3,(H,27,29). The lowest BCUT2D eigenvalue weighted by Crippen LogP contribution is -2.28. The van der Waals surface area contributed by atoms with Crippen molar-refractivity contribution in [3.63, 3.8) is 0 Å². The number of hydrogen-bond acceptors (Lipinski definition) is 7. The molecule has 3 aromatic rings. The number of ketones is 1. The maximum Gasteiger partial charge on any atom is 0.268 e. The largest absolute Gasteiger partial charge is 0.483 e. The smallest absolute Gasteiger partial charge is 0.268 e. The molecule has 2 heterocycles. The van der Waals surface area contributed by atoms with E-state index in [0.717, 1.165) is 17.0 Å². The highest BCUT2D eigenvalue weighted by Gasteiger charge is 2.19. The van der Waals surface area contributed by atoms with Crippen molar-refractivity contribution in [3.05, 3.63) is 85.7 Å². The molecule has 1 aromatic carbocycles. The summed E-state index contributed by atoms with van der Waals surface area (Å²) in [5, 5.41) is 13.9. The van der Waals surface area contributed by atoms with Gasteiger partial charge in [0.2, 0.25) is 0 Å². The van der Waals surface area contributed by atoms with Gasteiger partial charge in [0.1, 0.15) is 23.2 Å². The number of nitriles is 1. The molecule has 1 N–H and O–H groups in total. The predicted molar refractivity (Wildman–Crippen MR) is 123 cm³/mol. The number of nitrogens with one attached hydrogen (secondary N) is 1. The van der Waals surface area contributed by atoms with Crippen LogP contribution < -0.4 is 15.6 Å². The van der Waals surface area contributed by atoms with Gasteiger partial charge in [-0.25, -0.2) is 4.39 Å². The minimum absolute atomic E-state index is 0.00770.